The second-order valence-corrected chi connectivity index (χ2v) is 5.81. The molecule has 0 radical (unpaired) electrons. The van der Waals surface area contributed by atoms with Crippen molar-refractivity contribution < 1.29 is 4.79 Å². The second-order valence-electron chi connectivity index (χ2n) is 5.81. The normalized spacial score (nSPS) is 29.6. The van der Waals surface area contributed by atoms with Gasteiger partial charge in [-0.3, -0.25) is 9.69 Å². The molecule has 0 spiro atoms. The summed E-state index contributed by atoms with van der Waals surface area (Å²) in [5.74, 6) is 0.468. The fraction of sp³-hybridized carbons (Fsp3) is 0.562. The molecule has 0 aliphatic carbocycles. The first kappa shape index (κ1) is 11.9. The van der Waals surface area contributed by atoms with Crippen LogP contribution in [0.5, 0.6) is 0 Å². The summed E-state index contributed by atoms with van der Waals surface area (Å²) in [4.78, 5) is 14.3. The van der Waals surface area contributed by atoms with E-state index in [1.54, 1.807) is 0 Å². The van der Waals surface area contributed by atoms with E-state index < -0.39 is 0 Å². The number of hydrogen-bond donors (Lipinski definition) is 0. The van der Waals surface area contributed by atoms with Crippen LogP contribution in [0, 0.1) is 6.92 Å². The van der Waals surface area contributed by atoms with Gasteiger partial charge in [-0.25, -0.2) is 0 Å². The Bertz CT molecular complexity index is 452. The van der Waals surface area contributed by atoms with Crippen LogP contribution in [0.15, 0.2) is 24.3 Å². The van der Waals surface area contributed by atoms with Crippen LogP contribution in [0.4, 0.5) is 0 Å². The fourth-order valence-corrected chi connectivity index (χ4v) is 3.85. The molecule has 3 rings (SSSR count). The monoisotopic (exact) mass is 243 g/mol. The number of piperidine rings is 1. The molecule has 2 saturated heterocycles. The molecule has 2 bridgehead atoms. The number of fused-ring (bicyclic) bond motifs is 2. The third-order valence-corrected chi connectivity index (χ3v) is 4.69. The van der Waals surface area contributed by atoms with Crippen molar-refractivity contribution in [3.05, 3.63) is 35.4 Å². The zero-order valence-electron chi connectivity index (χ0n) is 11.2. The lowest BCUT2D eigenvalue weighted by Crippen LogP contribution is -2.44. The zero-order valence-corrected chi connectivity index (χ0v) is 11.2. The highest BCUT2D eigenvalue weighted by molar-refractivity contribution is 5.81. The van der Waals surface area contributed by atoms with Crippen molar-refractivity contribution in [3.63, 3.8) is 0 Å². The van der Waals surface area contributed by atoms with Gasteiger partial charge in [0.25, 0.3) is 0 Å². The third kappa shape index (κ3) is 1.89. The first-order valence-electron chi connectivity index (χ1n) is 7.01. The summed E-state index contributed by atoms with van der Waals surface area (Å²) < 4.78 is 0. The topological polar surface area (TPSA) is 20.3 Å². The molecular formula is C16H21NO. The Labute approximate surface area is 109 Å². The number of Topliss-reactive ketones (excluding diaryl/α,β-unsaturated/α-hetero) is 1. The second kappa shape index (κ2) is 4.51. The van der Waals surface area contributed by atoms with Crippen LogP contribution in [0.1, 0.15) is 49.8 Å². The van der Waals surface area contributed by atoms with Gasteiger partial charge in [-0.2, -0.15) is 0 Å². The molecule has 1 aromatic rings. The van der Waals surface area contributed by atoms with E-state index in [0.29, 0.717) is 23.9 Å². The van der Waals surface area contributed by atoms with Crippen LogP contribution < -0.4 is 0 Å². The number of hydrogen-bond acceptors (Lipinski definition) is 2. The minimum Gasteiger partial charge on any atom is -0.300 e. The molecule has 3 atom stereocenters. The van der Waals surface area contributed by atoms with Crippen molar-refractivity contribution in [2.75, 3.05) is 0 Å². The number of ketones is 1. The van der Waals surface area contributed by atoms with Gasteiger partial charge in [-0.1, -0.05) is 24.3 Å². The van der Waals surface area contributed by atoms with Gasteiger partial charge >= 0.3 is 0 Å². The summed E-state index contributed by atoms with van der Waals surface area (Å²) in [6.45, 7) is 4.48. The average Bonchev–Trinajstić information content (AvgIpc) is 2.61. The van der Waals surface area contributed by atoms with E-state index in [1.165, 1.54) is 24.0 Å². The van der Waals surface area contributed by atoms with E-state index in [-0.39, 0.29) is 0 Å². The van der Waals surface area contributed by atoms with Gasteiger partial charge in [0.1, 0.15) is 5.78 Å². The highest BCUT2D eigenvalue weighted by Crippen LogP contribution is 2.40. The van der Waals surface area contributed by atoms with Crippen LogP contribution in [0.2, 0.25) is 0 Å². The molecule has 18 heavy (non-hydrogen) atoms. The van der Waals surface area contributed by atoms with Crippen molar-refractivity contribution in [1.29, 1.82) is 0 Å². The smallest absolute Gasteiger partial charge is 0.136 e. The van der Waals surface area contributed by atoms with Crippen LogP contribution >= 0.6 is 0 Å². The van der Waals surface area contributed by atoms with E-state index in [2.05, 4.69) is 43.0 Å². The first-order chi connectivity index (χ1) is 8.66. The molecule has 2 heteroatoms. The Kier molecular flexibility index (Phi) is 2.98. The lowest BCUT2D eigenvalue weighted by molar-refractivity contribution is -0.124. The Balaban J connectivity index is 1.88. The Hall–Kier alpha value is -1.15. The van der Waals surface area contributed by atoms with Crippen LogP contribution in [0.3, 0.4) is 0 Å². The van der Waals surface area contributed by atoms with Crippen molar-refractivity contribution in [2.45, 2.75) is 57.7 Å². The molecule has 0 aromatic heterocycles. The first-order valence-corrected chi connectivity index (χ1v) is 7.01. The number of rotatable bonds is 2. The summed E-state index contributed by atoms with van der Waals surface area (Å²) in [6, 6.07) is 10.1. The molecule has 0 amide bonds. The predicted molar refractivity (Wildman–Crippen MR) is 72.5 cm³/mol. The van der Waals surface area contributed by atoms with Gasteiger partial charge in [-0.05, 0) is 37.8 Å². The van der Waals surface area contributed by atoms with Crippen molar-refractivity contribution in [3.8, 4) is 0 Å². The maximum atomic E-state index is 11.7. The van der Waals surface area contributed by atoms with E-state index in [4.69, 9.17) is 0 Å². The van der Waals surface area contributed by atoms with Crippen LogP contribution in [0.25, 0.3) is 0 Å². The van der Waals surface area contributed by atoms with Gasteiger partial charge in [-0.15, -0.1) is 0 Å². The number of carbonyl (C=O) groups excluding carboxylic acids is 1. The fourth-order valence-electron chi connectivity index (χ4n) is 3.85. The molecule has 2 fully saturated rings. The van der Waals surface area contributed by atoms with Gasteiger partial charge in [0.2, 0.25) is 0 Å². The zero-order chi connectivity index (χ0) is 12.7. The van der Waals surface area contributed by atoms with Crippen LogP contribution in [-0.4, -0.2) is 22.8 Å². The summed E-state index contributed by atoms with van der Waals surface area (Å²) in [5.41, 5.74) is 2.78. The summed E-state index contributed by atoms with van der Waals surface area (Å²) in [5, 5.41) is 0. The molecule has 2 heterocycles. The van der Waals surface area contributed by atoms with Gasteiger partial charge in [0.15, 0.2) is 0 Å². The average molecular weight is 243 g/mol. The highest BCUT2D eigenvalue weighted by atomic mass is 16.1. The molecule has 0 saturated carbocycles. The molecular weight excluding hydrogens is 222 g/mol. The molecule has 0 N–H and O–H groups in total. The number of carbonyl (C=O) groups is 1. The maximum Gasteiger partial charge on any atom is 0.136 e. The predicted octanol–water partition coefficient (Wildman–Crippen LogP) is 3.25. The molecule has 2 nitrogen and oxygen atoms in total. The minimum atomic E-state index is 0.441. The van der Waals surface area contributed by atoms with E-state index in [0.717, 1.165) is 12.8 Å². The third-order valence-electron chi connectivity index (χ3n) is 4.69. The number of benzene rings is 1. The van der Waals surface area contributed by atoms with Crippen molar-refractivity contribution in [1.82, 2.24) is 4.90 Å². The van der Waals surface area contributed by atoms with E-state index in [9.17, 15) is 4.79 Å². The molecule has 3 unspecified atom stereocenters. The van der Waals surface area contributed by atoms with E-state index >= 15 is 0 Å². The standard InChI is InChI=1S/C16H21NO/c1-11-5-3-4-6-16(11)12(2)17-13-7-8-14(17)10-15(18)9-13/h3-6,12-14H,7-10H2,1-2H3. The number of nitrogens with zero attached hydrogens (tertiary/aromatic N) is 1. The van der Waals surface area contributed by atoms with Gasteiger partial charge in [0, 0.05) is 31.0 Å². The maximum absolute atomic E-state index is 11.7. The Morgan fingerprint density at radius 3 is 2.39 bits per heavy atom. The molecule has 1 aromatic carbocycles. The summed E-state index contributed by atoms with van der Waals surface area (Å²) >= 11 is 0. The lowest BCUT2D eigenvalue weighted by Gasteiger charge is -2.39. The largest absolute Gasteiger partial charge is 0.300 e. The van der Waals surface area contributed by atoms with Gasteiger partial charge < -0.3 is 0 Å². The van der Waals surface area contributed by atoms with E-state index in [1.807, 2.05) is 0 Å². The number of aryl methyl sites for hydroxylation is 1. The van der Waals surface area contributed by atoms with Crippen molar-refractivity contribution in [2.24, 2.45) is 0 Å². The van der Waals surface area contributed by atoms with Gasteiger partial charge in [0.05, 0.1) is 0 Å². The Morgan fingerprint density at radius 1 is 1.17 bits per heavy atom. The highest BCUT2D eigenvalue weighted by Gasteiger charge is 2.42. The lowest BCUT2D eigenvalue weighted by atomic mass is 9.94. The van der Waals surface area contributed by atoms with Crippen LogP contribution in [-0.2, 0) is 4.79 Å². The molecule has 96 valence electrons. The summed E-state index contributed by atoms with van der Waals surface area (Å²) in [6.07, 6.45) is 3.94. The quantitative estimate of drug-likeness (QED) is 0.794. The SMILES string of the molecule is Cc1ccccc1C(C)N1C2CCC1CC(=O)C2. The Morgan fingerprint density at radius 2 is 1.78 bits per heavy atom. The van der Waals surface area contributed by atoms with Crippen molar-refractivity contribution >= 4 is 5.78 Å². The molecule has 2 aliphatic rings. The summed E-state index contributed by atoms with van der Waals surface area (Å²) in [7, 11) is 0. The molecule has 2 aliphatic heterocycles. The minimum absolute atomic E-state index is 0.441.